The minimum atomic E-state index is -3.90. The second-order valence-electron chi connectivity index (χ2n) is 8.64. The Labute approximate surface area is 205 Å². The molecule has 1 aromatic heterocycles. The van der Waals surface area contributed by atoms with E-state index in [0.29, 0.717) is 24.7 Å². The Kier molecular flexibility index (Phi) is 7.13. The monoisotopic (exact) mass is 498 g/mol. The van der Waals surface area contributed by atoms with Crippen molar-refractivity contribution in [3.8, 4) is 17.2 Å². The van der Waals surface area contributed by atoms with Gasteiger partial charge in [0, 0.05) is 30.8 Å². The summed E-state index contributed by atoms with van der Waals surface area (Å²) in [5.41, 5.74) is 3.84. The third-order valence-electron chi connectivity index (χ3n) is 5.96. The molecule has 0 saturated carbocycles. The maximum Gasteiger partial charge on any atom is 0.243 e. The first-order valence-electron chi connectivity index (χ1n) is 11.4. The first-order chi connectivity index (χ1) is 16.7. The molecule has 1 aliphatic rings. The molecule has 1 N–H and O–H groups in total. The van der Waals surface area contributed by atoms with Crippen molar-refractivity contribution in [3.63, 3.8) is 0 Å². The Bertz CT molecular complexity index is 1320. The zero-order valence-electron chi connectivity index (χ0n) is 20.3. The first kappa shape index (κ1) is 24.7. The number of carbonyl (C=O) groups is 1. The van der Waals surface area contributed by atoms with E-state index < -0.39 is 15.9 Å². The highest BCUT2D eigenvalue weighted by Crippen LogP contribution is 2.32. The molecule has 0 saturated heterocycles. The summed E-state index contributed by atoms with van der Waals surface area (Å²) in [5.74, 6) is 0.480. The lowest BCUT2D eigenvalue weighted by atomic mass is 10.1. The van der Waals surface area contributed by atoms with Gasteiger partial charge in [-0.15, -0.1) is 0 Å². The molecule has 1 atom stereocenters. The molecule has 0 fully saturated rings. The molecular formula is C25H30N4O5S. The molecule has 2 aromatic carbocycles. The van der Waals surface area contributed by atoms with E-state index >= 15 is 0 Å². The van der Waals surface area contributed by atoms with Crippen LogP contribution in [0.5, 0.6) is 11.5 Å². The summed E-state index contributed by atoms with van der Waals surface area (Å²) in [4.78, 5) is 12.8. The Balaban J connectivity index is 1.43. The van der Waals surface area contributed by atoms with Crippen molar-refractivity contribution in [1.29, 1.82) is 0 Å². The van der Waals surface area contributed by atoms with E-state index in [9.17, 15) is 13.2 Å². The normalized spacial score (nSPS) is 14.4. The zero-order chi connectivity index (χ0) is 25.2. The summed E-state index contributed by atoms with van der Waals surface area (Å²) in [6.07, 6.45) is 2.44. The molecule has 0 spiro atoms. The van der Waals surface area contributed by atoms with E-state index in [0.717, 1.165) is 33.2 Å². The fraction of sp³-hybridized carbons (Fsp3) is 0.360. The Morgan fingerprint density at radius 3 is 2.51 bits per heavy atom. The number of hydrogen-bond donors (Lipinski definition) is 1. The van der Waals surface area contributed by atoms with Crippen LogP contribution in [0.3, 0.4) is 0 Å². The third-order valence-corrected chi connectivity index (χ3v) is 7.76. The predicted octanol–water partition coefficient (Wildman–Crippen LogP) is 3.15. The van der Waals surface area contributed by atoms with Gasteiger partial charge in [0.2, 0.25) is 15.9 Å². The lowest BCUT2D eigenvalue weighted by Gasteiger charge is -2.20. The van der Waals surface area contributed by atoms with Gasteiger partial charge in [0.15, 0.2) is 11.5 Å². The molecule has 2 heterocycles. The van der Waals surface area contributed by atoms with Crippen molar-refractivity contribution in [2.75, 3.05) is 26.8 Å². The lowest BCUT2D eigenvalue weighted by Crippen LogP contribution is -2.39. The largest absolute Gasteiger partial charge is 0.490 e. The number of likely N-dealkylation sites (N-methyl/N-ethyl adjacent to an activating group) is 1. The number of hydrogen-bond acceptors (Lipinski definition) is 6. The molecule has 186 valence electrons. The predicted molar refractivity (Wildman–Crippen MR) is 131 cm³/mol. The van der Waals surface area contributed by atoms with E-state index in [2.05, 4.69) is 10.4 Å². The summed E-state index contributed by atoms with van der Waals surface area (Å²) < 4.78 is 40.2. The highest BCUT2D eigenvalue weighted by Gasteiger charge is 2.26. The van der Waals surface area contributed by atoms with Crippen LogP contribution in [-0.4, -0.2) is 55.2 Å². The lowest BCUT2D eigenvalue weighted by molar-refractivity contribution is -0.121. The van der Waals surface area contributed by atoms with Crippen LogP contribution in [0.25, 0.3) is 5.69 Å². The molecule has 10 heteroatoms. The number of aryl methyl sites for hydroxylation is 1. The Morgan fingerprint density at radius 2 is 1.80 bits per heavy atom. The molecule has 1 aliphatic heterocycles. The fourth-order valence-electron chi connectivity index (χ4n) is 3.93. The van der Waals surface area contributed by atoms with E-state index in [1.807, 2.05) is 49.7 Å². The van der Waals surface area contributed by atoms with Crippen molar-refractivity contribution in [2.24, 2.45) is 0 Å². The molecule has 35 heavy (non-hydrogen) atoms. The number of rotatable bonds is 7. The number of nitrogens with zero attached hydrogens (tertiary/aromatic N) is 3. The highest BCUT2D eigenvalue weighted by molar-refractivity contribution is 7.89. The summed E-state index contributed by atoms with van der Waals surface area (Å²) in [5, 5.41) is 7.34. The van der Waals surface area contributed by atoms with Gasteiger partial charge in [0.1, 0.15) is 0 Å². The van der Waals surface area contributed by atoms with Crippen LogP contribution >= 0.6 is 0 Å². The summed E-state index contributed by atoms with van der Waals surface area (Å²) in [7, 11) is -2.52. The second-order valence-corrected chi connectivity index (χ2v) is 10.7. The van der Waals surface area contributed by atoms with Crippen molar-refractivity contribution in [2.45, 2.75) is 38.1 Å². The number of ether oxygens (including phenoxy) is 2. The number of aromatic nitrogens is 2. The second kappa shape index (κ2) is 10.1. The van der Waals surface area contributed by atoms with Gasteiger partial charge < -0.3 is 14.8 Å². The van der Waals surface area contributed by atoms with Gasteiger partial charge in [-0.1, -0.05) is 17.7 Å². The molecule has 0 unspecified atom stereocenters. The quantitative estimate of drug-likeness (QED) is 0.537. The van der Waals surface area contributed by atoms with Crippen molar-refractivity contribution in [1.82, 2.24) is 19.4 Å². The maximum absolute atomic E-state index is 13.1. The molecule has 3 aromatic rings. The summed E-state index contributed by atoms with van der Waals surface area (Å²) >= 11 is 0. The van der Waals surface area contributed by atoms with Gasteiger partial charge in [0.25, 0.3) is 0 Å². The standard InChI is InChI=1S/C25H30N4O5S/c1-17-6-8-20(9-7-17)29-19(3)22(15-26-29)18(2)27-25(30)16-28(4)35(31,32)21-10-11-23-24(14-21)34-13-5-12-33-23/h6-11,14-15,18H,5,12-13,16H2,1-4H3,(H,27,30)/t18-/m0/s1. The minimum Gasteiger partial charge on any atom is -0.490 e. The average molecular weight is 499 g/mol. The number of fused-ring (bicyclic) bond motifs is 1. The van der Waals surface area contributed by atoms with Crippen molar-refractivity contribution < 1.29 is 22.7 Å². The molecule has 4 rings (SSSR count). The minimum absolute atomic E-state index is 0.0420. The number of benzene rings is 2. The van der Waals surface area contributed by atoms with Crippen LogP contribution in [0.15, 0.2) is 53.6 Å². The van der Waals surface area contributed by atoms with Gasteiger partial charge in [0.05, 0.1) is 42.6 Å². The van der Waals surface area contributed by atoms with Crippen molar-refractivity contribution in [3.05, 3.63) is 65.5 Å². The van der Waals surface area contributed by atoms with Crippen LogP contribution in [0.1, 0.15) is 36.2 Å². The highest BCUT2D eigenvalue weighted by atomic mass is 32.2. The smallest absolute Gasteiger partial charge is 0.243 e. The molecule has 9 nitrogen and oxygen atoms in total. The van der Waals surface area contributed by atoms with Gasteiger partial charge >= 0.3 is 0 Å². The maximum atomic E-state index is 13.1. The first-order valence-corrected chi connectivity index (χ1v) is 12.9. The van der Waals surface area contributed by atoms with E-state index in [-0.39, 0.29) is 17.5 Å². The Morgan fingerprint density at radius 1 is 1.11 bits per heavy atom. The van der Waals surface area contributed by atoms with Crippen LogP contribution in [0.4, 0.5) is 0 Å². The summed E-state index contributed by atoms with van der Waals surface area (Å²) in [6.45, 7) is 6.44. The molecule has 0 aliphatic carbocycles. The van der Waals surface area contributed by atoms with Crippen LogP contribution in [0, 0.1) is 13.8 Å². The third kappa shape index (κ3) is 5.33. The fourth-order valence-corrected chi connectivity index (χ4v) is 5.07. The topological polar surface area (TPSA) is 103 Å². The number of amides is 1. The Hall–Kier alpha value is -3.37. The molecule has 1 amide bonds. The van der Waals surface area contributed by atoms with E-state index in [4.69, 9.17) is 9.47 Å². The van der Waals surface area contributed by atoms with Gasteiger partial charge in [-0.25, -0.2) is 13.1 Å². The summed E-state index contributed by atoms with van der Waals surface area (Å²) in [6, 6.07) is 12.1. The van der Waals surface area contributed by atoms with Gasteiger partial charge in [-0.05, 0) is 45.0 Å². The van der Waals surface area contributed by atoms with Crippen LogP contribution < -0.4 is 14.8 Å². The van der Waals surface area contributed by atoms with Gasteiger partial charge in [-0.3, -0.25) is 4.79 Å². The van der Waals surface area contributed by atoms with Crippen LogP contribution in [0.2, 0.25) is 0 Å². The number of nitrogens with one attached hydrogen (secondary N) is 1. The van der Waals surface area contributed by atoms with E-state index in [1.54, 1.807) is 12.3 Å². The molecule has 0 bridgehead atoms. The average Bonchev–Trinajstić information content (AvgIpc) is 3.05. The van der Waals surface area contributed by atoms with Crippen molar-refractivity contribution >= 4 is 15.9 Å². The zero-order valence-corrected chi connectivity index (χ0v) is 21.1. The molecular weight excluding hydrogens is 468 g/mol. The van der Waals surface area contributed by atoms with Crippen LogP contribution in [-0.2, 0) is 14.8 Å². The number of sulfonamides is 1. The molecule has 0 radical (unpaired) electrons. The van der Waals surface area contributed by atoms with E-state index in [1.165, 1.54) is 19.2 Å². The SMILES string of the molecule is Cc1ccc(-n2ncc([C@H](C)NC(=O)CN(C)S(=O)(=O)c3ccc4c(c3)OCCCO4)c2C)cc1. The van der Waals surface area contributed by atoms with Gasteiger partial charge in [-0.2, -0.15) is 9.40 Å². The number of carbonyl (C=O) groups excluding carboxylic acids is 1.